The molecule has 2 unspecified atom stereocenters. The van der Waals surface area contributed by atoms with Crippen LogP contribution in [0.5, 0.6) is 0 Å². The number of anilines is 1. The Labute approximate surface area is 153 Å². The quantitative estimate of drug-likeness (QED) is 0.690. The number of rotatable bonds is 5. The molecule has 1 fully saturated rings. The first-order valence-electron chi connectivity index (χ1n) is 9.18. The van der Waals surface area contributed by atoms with Gasteiger partial charge in [0.2, 0.25) is 0 Å². The number of pyridine rings is 1. The number of carbonyl (C=O) groups excluding carboxylic acids is 1. The molecule has 0 aliphatic carbocycles. The van der Waals surface area contributed by atoms with Gasteiger partial charge in [-0.3, -0.25) is 9.69 Å². The molecule has 1 aromatic carbocycles. The van der Waals surface area contributed by atoms with E-state index in [1.165, 1.54) is 5.56 Å². The molecule has 2 N–H and O–H groups in total. The van der Waals surface area contributed by atoms with Crippen LogP contribution >= 0.6 is 0 Å². The number of carbonyl (C=O) groups is 1. The number of fused-ring (bicyclic) bond motifs is 1. The highest BCUT2D eigenvalue weighted by Crippen LogP contribution is 2.28. The summed E-state index contributed by atoms with van der Waals surface area (Å²) in [5.74, 6) is 0.545. The number of aromatic amines is 1. The van der Waals surface area contributed by atoms with E-state index >= 15 is 0 Å². The van der Waals surface area contributed by atoms with E-state index in [0.717, 1.165) is 49.1 Å². The molecule has 0 saturated carbocycles. The van der Waals surface area contributed by atoms with Crippen molar-refractivity contribution in [2.45, 2.75) is 25.9 Å². The molecule has 3 heterocycles. The number of aldehydes is 1. The Balaban J connectivity index is 1.55. The van der Waals surface area contributed by atoms with Crippen molar-refractivity contribution in [3.05, 3.63) is 59.9 Å². The number of benzene rings is 1. The normalized spacial score (nSPS) is 21.0. The van der Waals surface area contributed by atoms with Crippen LogP contribution in [0.1, 0.15) is 29.3 Å². The smallest absolute Gasteiger partial charge is 0.153 e. The molecular weight excluding hydrogens is 324 g/mol. The molecule has 0 bridgehead atoms. The summed E-state index contributed by atoms with van der Waals surface area (Å²) >= 11 is 0. The zero-order chi connectivity index (χ0) is 17.9. The van der Waals surface area contributed by atoms with Crippen molar-refractivity contribution >= 4 is 23.0 Å². The second kappa shape index (κ2) is 7.30. The van der Waals surface area contributed by atoms with Crippen LogP contribution in [0.25, 0.3) is 11.0 Å². The second-order valence-corrected chi connectivity index (χ2v) is 7.18. The van der Waals surface area contributed by atoms with Crippen molar-refractivity contribution in [1.29, 1.82) is 0 Å². The largest absolute Gasteiger partial charge is 0.380 e. The number of hydrogen-bond acceptors (Lipinski definition) is 4. The van der Waals surface area contributed by atoms with Gasteiger partial charge in [0.25, 0.3) is 0 Å². The summed E-state index contributed by atoms with van der Waals surface area (Å²) in [5, 5.41) is 4.64. The molecule has 1 aliphatic rings. The van der Waals surface area contributed by atoms with Gasteiger partial charge in [0.1, 0.15) is 5.65 Å². The molecular formula is C21H24N4O. The molecule has 2 aromatic heterocycles. The van der Waals surface area contributed by atoms with Crippen LogP contribution in [-0.4, -0.2) is 40.3 Å². The number of nitrogens with zero attached hydrogens (tertiary/aromatic N) is 2. The Hall–Kier alpha value is -2.66. The maximum absolute atomic E-state index is 11.5. The monoisotopic (exact) mass is 348 g/mol. The number of likely N-dealkylation sites (tertiary alicyclic amines) is 1. The zero-order valence-corrected chi connectivity index (χ0v) is 15.0. The van der Waals surface area contributed by atoms with Crippen LogP contribution in [0.3, 0.4) is 0 Å². The minimum Gasteiger partial charge on any atom is -0.380 e. The minimum absolute atomic E-state index is 0.298. The number of piperidine rings is 1. The Morgan fingerprint density at radius 1 is 1.31 bits per heavy atom. The second-order valence-electron chi connectivity index (χ2n) is 7.18. The zero-order valence-electron chi connectivity index (χ0n) is 15.0. The van der Waals surface area contributed by atoms with Gasteiger partial charge in [-0.1, -0.05) is 37.3 Å². The van der Waals surface area contributed by atoms with Gasteiger partial charge in [-0.2, -0.15) is 0 Å². The maximum atomic E-state index is 11.5. The fraction of sp³-hybridized carbons (Fsp3) is 0.333. The van der Waals surface area contributed by atoms with Crippen LogP contribution in [0.2, 0.25) is 0 Å². The summed E-state index contributed by atoms with van der Waals surface area (Å²) in [6.45, 7) is 5.31. The highest BCUT2D eigenvalue weighted by molar-refractivity contribution is 5.99. The Morgan fingerprint density at radius 3 is 2.96 bits per heavy atom. The van der Waals surface area contributed by atoms with E-state index in [4.69, 9.17) is 0 Å². The van der Waals surface area contributed by atoms with Gasteiger partial charge in [-0.15, -0.1) is 0 Å². The van der Waals surface area contributed by atoms with E-state index in [0.29, 0.717) is 17.5 Å². The van der Waals surface area contributed by atoms with E-state index in [1.807, 2.05) is 12.3 Å². The summed E-state index contributed by atoms with van der Waals surface area (Å²) in [5.41, 5.74) is 3.66. The first-order valence-corrected chi connectivity index (χ1v) is 9.18. The highest BCUT2D eigenvalue weighted by Gasteiger charge is 2.27. The van der Waals surface area contributed by atoms with E-state index in [1.54, 1.807) is 6.20 Å². The molecule has 3 aromatic rings. The Bertz CT molecular complexity index is 889. The van der Waals surface area contributed by atoms with Crippen LogP contribution < -0.4 is 5.32 Å². The van der Waals surface area contributed by atoms with Crippen LogP contribution in [-0.2, 0) is 6.54 Å². The fourth-order valence-corrected chi connectivity index (χ4v) is 3.77. The Kier molecular flexibility index (Phi) is 4.71. The fourth-order valence-electron chi connectivity index (χ4n) is 3.77. The average molecular weight is 348 g/mol. The van der Waals surface area contributed by atoms with Crippen LogP contribution in [0.4, 0.5) is 5.69 Å². The van der Waals surface area contributed by atoms with Gasteiger partial charge in [0.05, 0.1) is 11.3 Å². The molecule has 4 rings (SSSR count). The van der Waals surface area contributed by atoms with Gasteiger partial charge < -0.3 is 10.3 Å². The molecule has 0 radical (unpaired) electrons. The third-order valence-corrected chi connectivity index (χ3v) is 5.36. The first kappa shape index (κ1) is 16.8. The molecule has 0 amide bonds. The van der Waals surface area contributed by atoms with Crippen LogP contribution in [0.15, 0.2) is 48.8 Å². The lowest BCUT2D eigenvalue weighted by molar-refractivity contribution is 0.112. The predicted octanol–water partition coefficient (Wildman–Crippen LogP) is 3.70. The van der Waals surface area contributed by atoms with E-state index in [2.05, 4.69) is 57.4 Å². The summed E-state index contributed by atoms with van der Waals surface area (Å²) in [6.07, 6.45) is 5.53. The molecule has 0 spiro atoms. The molecule has 5 nitrogen and oxygen atoms in total. The summed E-state index contributed by atoms with van der Waals surface area (Å²) in [7, 11) is 0. The van der Waals surface area contributed by atoms with Gasteiger partial charge >= 0.3 is 0 Å². The van der Waals surface area contributed by atoms with Gasteiger partial charge in [-0.25, -0.2) is 4.98 Å². The lowest BCUT2D eigenvalue weighted by atomic mass is 9.92. The number of nitrogens with one attached hydrogen (secondary N) is 2. The number of aromatic nitrogens is 2. The third-order valence-electron chi connectivity index (χ3n) is 5.36. The highest BCUT2D eigenvalue weighted by atomic mass is 16.1. The van der Waals surface area contributed by atoms with Gasteiger partial charge in [0, 0.05) is 36.9 Å². The van der Waals surface area contributed by atoms with E-state index in [-0.39, 0.29) is 0 Å². The minimum atomic E-state index is 0.298. The van der Waals surface area contributed by atoms with Crippen molar-refractivity contribution in [3.63, 3.8) is 0 Å². The van der Waals surface area contributed by atoms with Crippen molar-refractivity contribution in [3.8, 4) is 0 Å². The topological polar surface area (TPSA) is 61.0 Å². The van der Waals surface area contributed by atoms with E-state index < -0.39 is 0 Å². The number of hydrogen-bond donors (Lipinski definition) is 2. The van der Waals surface area contributed by atoms with Crippen LogP contribution in [0, 0.1) is 5.92 Å². The number of H-pyrrole nitrogens is 1. The van der Waals surface area contributed by atoms with Crippen molar-refractivity contribution in [2.75, 3.05) is 18.4 Å². The van der Waals surface area contributed by atoms with Gasteiger partial charge in [-0.05, 0) is 30.5 Å². The summed E-state index contributed by atoms with van der Waals surface area (Å²) in [4.78, 5) is 21.5. The summed E-state index contributed by atoms with van der Waals surface area (Å²) < 4.78 is 0. The summed E-state index contributed by atoms with van der Waals surface area (Å²) in [6, 6.07) is 12.9. The van der Waals surface area contributed by atoms with Crippen molar-refractivity contribution in [1.82, 2.24) is 14.9 Å². The molecule has 26 heavy (non-hydrogen) atoms. The van der Waals surface area contributed by atoms with E-state index in [9.17, 15) is 4.79 Å². The van der Waals surface area contributed by atoms with Crippen molar-refractivity contribution < 1.29 is 4.79 Å². The third kappa shape index (κ3) is 3.35. The Morgan fingerprint density at radius 2 is 2.15 bits per heavy atom. The SMILES string of the molecule is CC1CCN(Cc2ccccc2)CC1Nc1c(C=O)cnc2[nH]ccc12. The molecule has 1 saturated heterocycles. The standard InChI is InChI=1S/C21H24N4O/c1-15-8-10-25(12-16-5-3-2-4-6-16)13-19(15)24-20-17(14-26)11-23-21-18(20)7-9-22-21/h2-7,9,11,14-15,19H,8,10,12-13H2,1H3,(H2,22,23,24). The molecule has 1 aliphatic heterocycles. The lowest BCUT2D eigenvalue weighted by Gasteiger charge is -2.38. The molecule has 134 valence electrons. The van der Waals surface area contributed by atoms with Crippen molar-refractivity contribution in [2.24, 2.45) is 5.92 Å². The predicted molar refractivity (Wildman–Crippen MR) is 104 cm³/mol. The maximum Gasteiger partial charge on any atom is 0.153 e. The first-order chi connectivity index (χ1) is 12.7. The molecule has 2 atom stereocenters. The van der Waals surface area contributed by atoms with Gasteiger partial charge in [0.15, 0.2) is 6.29 Å². The molecule has 5 heteroatoms. The average Bonchev–Trinajstić information content (AvgIpc) is 3.14. The lowest BCUT2D eigenvalue weighted by Crippen LogP contribution is -2.46.